The minimum atomic E-state index is -0.652. The van der Waals surface area contributed by atoms with Crippen molar-refractivity contribution in [1.82, 2.24) is 10.6 Å². The number of benzene rings is 1. The van der Waals surface area contributed by atoms with E-state index in [1.165, 1.54) is 11.1 Å². The van der Waals surface area contributed by atoms with E-state index in [0.717, 1.165) is 19.4 Å². The van der Waals surface area contributed by atoms with Gasteiger partial charge in [-0.25, -0.2) is 0 Å². The van der Waals surface area contributed by atoms with Gasteiger partial charge in [-0.05, 0) is 30.9 Å². The standard InChI is InChI=1S/C20H28N2O4/c1-12-4-2-3-5-13(12)10-21-11-17-19(24)20-16(26-17)8-15(25-20)9-18(23)22-14-6-7-14/h2-5,14-17,19-21,24H,6-11H2,1H3,(H,22,23)/t15-,16+,17+,19+,20-/m0/s1. The van der Waals surface area contributed by atoms with Gasteiger partial charge in [0.2, 0.25) is 5.91 Å². The number of amides is 1. The molecule has 26 heavy (non-hydrogen) atoms. The molecule has 5 atom stereocenters. The van der Waals surface area contributed by atoms with Gasteiger partial charge < -0.3 is 25.2 Å². The lowest BCUT2D eigenvalue weighted by molar-refractivity contribution is -0.124. The van der Waals surface area contributed by atoms with E-state index < -0.39 is 6.10 Å². The smallest absolute Gasteiger partial charge is 0.222 e. The zero-order chi connectivity index (χ0) is 18.1. The van der Waals surface area contributed by atoms with E-state index in [0.29, 0.717) is 25.4 Å². The van der Waals surface area contributed by atoms with E-state index in [4.69, 9.17) is 9.47 Å². The second-order valence-corrected chi connectivity index (χ2v) is 7.77. The number of rotatable bonds is 7. The van der Waals surface area contributed by atoms with Gasteiger partial charge in [0.15, 0.2) is 0 Å². The highest BCUT2D eigenvalue weighted by Gasteiger charge is 2.50. The van der Waals surface area contributed by atoms with Crippen molar-refractivity contribution in [3.8, 4) is 0 Å². The SMILES string of the molecule is Cc1ccccc1CNC[C@H]1O[C@@H]2C[C@@H](CC(=O)NC3CC3)O[C@@H]2[C@@H]1O. The van der Waals surface area contributed by atoms with Crippen LogP contribution in [-0.4, -0.2) is 54.1 Å². The molecule has 142 valence electrons. The fraction of sp³-hybridized carbons (Fsp3) is 0.650. The molecule has 6 nitrogen and oxygen atoms in total. The number of hydrogen-bond donors (Lipinski definition) is 3. The Hall–Kier alpha value is -1.47. The fourth-order valence-electron chi connectivity index (χ4n) is 3.89. The van der Waals surface area contributed by atoms with E-state index in [9.17, 15) is 9.90 Å². The average Bonchev–Trinajstić information content (AvgIpc) is 3.26. The van der Waals surface area contributed by atoms with Gasteiger partial charge >= 0.3 is 0 Å². The molecule has 0 bridgehead atoms. The molecule has 4 rings (SSSR count). The van der Waals surface area contributed by atoms with E-state index in [1.54, 1.807) is 0 Å². The Labute approximate surface area is 154 Å². The van der Waals surface area contributed by atoms with Crippen molar-refractivity contribution in [2.75, 3.05) is 6.54 Å². The van der Waals surface area contributed by atoms with Crippen LogP contribution in [-0.2, 0) is 20.8 Å². The van der Waals surface area contributed by atoms with Crippen LogP contribution in [0, 0.1) is 6.92 Å². The van der Waals surface area contributed by atoms with Crippen molar-refractivity contribution in [3.63, 3.8) is 0 Å². The zero-order valence-electron chi connectivity index (χ0n) is 15.2. The molecule has 0 aromatic heterocycles. The van der Waals surface area contributed by atoms with E-state index >= 15 is 0 Å². The summed E-state index contributed by atoms with van der Waals surface area (Å²) >= 11 is 0. The molecular weight excluding hydrogens is 332 g/mol. The molecule has 1 saturated carbocycles. The summed E-state index contributed by atoms with van der Waals surface area (Å²) in [5.41, 5.74) is 2.50. The molecule has 3 aliphatic rings. The Morgan fingerprint density at radius 3 is 2.81 bits per heavy atom. The van der Waals surface area contributed by atoms with Crippen molar-refractivity contribution in [3.05, 3.63) is 35.4 Å². The number of carbonyl (C=O) groups is 1. The molecule has 6 heteroatoms. The van der Waals surface area contributed by atoms with Gasteiger partial charge in [0.1, 0.15) is 12.2 Å². The number of nitrogens with one attached hydrogen (secondary N) is 2. The summed E-state index contributed by atoms with van der Waals surface area (Å²) in [6, 6.07) is 8.62. The van der Waals surface area contributed by atoms with Crippen LogP contribution in [0.15, 0.2) is 24.3 Å². The number of hydrogen-bond acceptors (Lipinski definition) is 5. The first-order chi connectivity index (χ1) is 12.6. The molecule has 0 radical (unpaired) electrons. The molecule has 2 aliphatic heterocycles. The fourth-order valence-corrected chi connectivity index (χ4v) is 3.89. The first-order valence-corrected chi connectivity index (χ1v) is 9.63. The quantitative estimate of drug-likeness (QED) is 0.677. The summed E-state index contributed by atoms with van der Waals surface area (Å²) in [5.74, 6) is 0.0448. The van der Waals surface area contributed by atoms with Crippen LogP contribution in [0.1, 0.15) is 36.8 Å². The third-order valence-corrected chi connectivity index (χ3v) is 5.56. The predicted molar refractivity (Wildman–Crippen MR) is 96.6 cm³/mol. The highest BCUT2D eigenvalue weighted by atomic mass is 16.6. The molecule has 2 saturated heterocycles. The van der Waals surface area contributed by atoms with Gasteiger partial charge in [-0.15, -0.1) is 0 Å². The Kier molecular flexibility index (Phi) is 5.27. The van der Waals surface area contributed by atoms with Crippen LogP contribution in [0.4, 0.5) is 0 Å². The summed E-state index contributed by atoms with van der Waals surface area (Å²) in [5, 5.41) is 16.9. The largest absolute Gasteiger partial charge is 0.388 e. The number of ether oxygens (including phenoxy) is 2. The monoisotopic (exact) mass is 360 g/mol. The molecule has 1 amide bonds. The normalized spacial score (nSPS) is 33.2. The third-order valence-electron chi connectivity index (χ3n) is 5.56. The lowest BCUT2D eigenvalue weighted by Crippen LogP contribution is -2.39. The van der Waals surface area contributed by atoms with Gasteiger partial charge in [0.05, 0.1) is 24.7 Å². The highest BCUT2D eigenvalue weighted by Crippen LogP contribution is 2.35. The maximum atomic E-state index is 11.9. The number of aryl methyl sites for hydroxylation is 1. The molecular formula is C20H28N2O4. The molecule has 2 heterocycles. The number of fused-ring (bicyclic) bond motifs is 1. The minimum Gasteiger partial charge on any atom is -0.388 e. The van der Waals surface area contributed by atoms with Crippen LogP contribution in [0.3, 0.4) is 0 Å². The molecule has 0 unspecified atom stereocenters. The van der Waals surface area contributed by atoms with Crippen molar-refractivity contribution < 1.29 is 19.4 Å². The average molecular weight is 360 g/mol. The van der Waals surface area contributed by atoms with E-state index in [-0.39, 0.29) is 30.3 Å². The maximum absolute atomic E-state index is 11.9. The topological polar surface area (TPSA) is 79.8 Å². The Morgan fingerprint density at radius 1 is 1.27 bits per heavy atom. The number of aliphatic hydroxyl groups is 1. The van der Waals surface area contributed by atoms with Gasteiger partial charge in [-0.3, -0.25) is 4.79 Å². The van der Waals surface area contributed by atoms with Crippen molar-refractivity contribution in [1.29, 1.82) is 0 Å². The molecule has 0 spiro atoms. The number of aliphatic hydroxyl groups excluding tert-OH is 1. The maximum Gasteiger partial charge on any atom is 0.222 e. The second kappa shape index (κ2) is 7.64. The van der Waals surface area contributed by atoms with Crippen LogP contribution >= 0.6 is 0 Å². The summed E-state index contributed by atoms with van der Waals surface area (Å²) in [4.78, 5) is 11.9. The minimum absolute atomic E-state index is 0.0448. The predicted octanol–water partition coefficient (Wildman–Crippen LogP) is 1.04. The van der Waals surface area contributed by atoms with Crippen molar-refractivity contribution >= 4 is 5.91 Å². The molecule has 1 aromatic carbocycles. The summed E-state index contributed by atoms with van der Waals surface area (Å²) in [7, 11) is 0. The summed E-state index contributed by atoms with van der Waals surface area (Å²) in [6.45, 7) is 3.42. The molecule has 3 fully saturated rings. The molecule has 3 N–H and O–H groups in total. The number of carbonyl (C=O) groups excluding carboxylic acids is 1. The van der Waals surface area contributed by atoms with Gasteiger partial charge in [-0.2, -0.15) is 0 Å². The summed E-state index contributed by atoms with van der Waals surface area (Å²) < 4.78 is 11.9. The Balaban J connectivity index is 1.21. The van der Waals surface area contributed by atoms with E-state index in [2.05, 4.69) is 29.7 Å². The second-order valence-electron chi connectivity index (χ2n) is 7.77. The van der Waals surface area contributed by atoms with Crippen LogP contribution in [0.25, 0.3) is 0 Å². The summed E-state index contributed by atoms with van der Waals surface area (Å²) in [6.07, 6.45) is 1.69. The van der Waals surface area contributed by atoms with Gasteiger partial charge in [0, 0.05) is 25.6 Å². The van der Waals surface area contributed by atoms with Crippen LogP contribution in [0.2, 0.25) is 0 Å². The Bertz CT molecular complexity index is 648. The third kappa shape index (κ3) is 4.09. The van der Waals surface area contributed by atoms with Crippen LogP contribution in [0.5, 0.6) is 0 Å². The first kappa shape index (κ1) is 17.9. The lowest BCUT2D eigenvalue weighted by Gasteiger charge is -2.20. The van der Waals surface area contributed by atoms with Gasteiger partial charge in [-0.1, -0.05) is 24.3 Å². The van der Waals surface area contributed by atoms with E-state index in [1.807, 2.05) is 12.1 Å². The van der Waals surface area contributed by atoms with Crippen LogP contribution < -0.4 is 10.6 Å². The molecule has 1 aromatic rings. The van der Waals surface area contributed by atoms with Crippen molar-refractivity contribution in [2.24, 2.45) is 0 Å². The van der Waals surface area contributed by atoms with Gasteiger partial charge in [0.25, 0.3) is 0 Å². The lowest BCUT2D eigenvalue weighted by atomic mass is 10.1. The zero-order valence-corrected chi connectivity index (χ0v) is 15.2. The van der Waals surface area contributed by atoms with Crippen molar-refractivity contribution in [2.45, 2.75) is 75.7 Å². The Morgan fingerprint density at radius 2 is 2.08 bits per heavy atom. The molecule has 1 aliphatic carbocycles. The highest BCUT2D eigenvalue weighted by molar-refractivity contribution is 5.77. The first-order valence-electron chi connectivity index (χ1n) is 9.63.